The van der Waals surface area contributed by atoms with E-state index in [1.807, 2.05) is 18.2 Å². The van der Waals surface area contributed by atoms with Crippen molar-refractivity contribution in [2.75, 3.05) is 0 Å². The standard InChI is InChI=1S/C16H13ClFN3/c17-12-3-1-10(7-13(12)18)8-14(19)11-2-4-15-16(9-11)21-6-5-20-15/h1-7,9,14H,8,19H2. The summed E-state index contributed by atoms with van der Waals surface area (Å²) in [4.78, 5) is 8.48. The molecule has 3 rings (SSSR count). The van der Waals surface area contributed by atoms with Crippen molar-refractivity contribution in [1.29, 1.82) is 0 Å². The van der Waals surface area contributed by atoms with Crippen LogP contribution in [0.3, 0.4) is 0 Å². The van der Waals surface area contributed by atoms with Gasteiger partial charge < -0.3 is 5.73 Å². The molecule has 0 spiro atoms. The van der Waals surface area contributed by atoms with Crippen LogP contribution in [0.4, 0.5) is 4.39 Å². The van der Waals surface area contributed by atoms with Gasteiger partial charge in [-0.1, -0.05) is 23.7 Å². The lowest BCUT2D eigenvalue weighted by Gasteiger charge is -2.13. The summed E-state index contributed by atoms with van der Waals surface area (Å²) in [5.41, 5.74) is 9.58. The molecule has 0 amide bonds. The normalized spacial score (nSPS) is 12.5. The van der Waals surface area contributed by atoms with Gasteiger partial charge in [-0.3, -0.25) is 9.97 Å². The lowest BCUT2D eigenvalue weighted by atomic mass is 9.99. The van der Waals surface area contributed by atoms with Gasteiger partial charge in [0, 0.05) is 18.4 Å². The highest BCUT2D eigenvalue weighted by Crippen LogP contribution is 2.22. The summed E-state index contributed by atoms with van der Waals surface area (Å²) in [6.45, 7) is 0. The maximum Gasteiger partial charge on any atom is 0.142 e. The molecule has 2 N–H and O–H groups in total. The van der Waals surface area contributed by atoms with Crippen molar-refractivity contribution >= 4 is 22.6 Å². The SMILES string of the molecule is NC(Cc1ccc(Cl)c(F)c1)c1ccc2nccnc2c1. The minimum absolute atomic E-state index is 0.119. The predicted octanol–water partition coefficient (Wildman–Crippen LogP) is 3.66. The molecule has 1 heterocycles. The monoisotopic (exact) mass is 301 g/mol. The van der Waals surface area contributed by atoms with Crippen LogP contribution in [0.5, 0.6) is 0 Å². The van der Waals surface area contributed by atoms with Crippen LogP contribution in [0, 0.1) is 5.82 Å². The van der Waals surface area contributed by atoms with Crippen LogP contribution in [-0.4, -0.2) is 9.97 Å². The minimum atomic E-state index is -0.425. The number of hydrogen-bond donors (Lipinski definition) is 1. The molecule has 0 aliphatic heterocycles. The van der Waals surface area contributed by atoms with Crippen LogP contribution in [-0.2, 0) is 6.42 Å². The smallest absolute Gasteiger partial charge is 0.142 e. The first kappa shape index (κ1) is 13.9. The molecule has 0 fully saturated rings. The topological polar surface area (TPSA) is 51.8 Å². The van der Waals surface area contributed by atoms with Gasteiger partial charge in [0.15, 0.2) is 0 Å². The van der Waals surface area contributed by atoms with Gasteiger partial charge in [-0.15, -0.1) is 0 Å². The summed E-state index contributed by atoms with van der Waals surface area (Å²) in [5.74, 6) is -0.425. The Labute approximate surface area is 126 Å². The molecule has 2 aromatic carbocycles. The highest BCUT2D eigenvalue weighted by atomic mass is 35.5. The number of fused-ring (bicyclic) bond motifs is 1. The van der Waals surface area contributed by atoms with Gasteiger partial charge >= 0.3 is 0 Å². The molecular weight excluding hydrogens is 289 g/mol. The Kier molecular flexibility index (Phi) is 3.82. The van der Waals surface area contributed by atoms with Gasteiger partial charge in [-0.05, 0) is 41.8 Å². The predicted molar refractivity (Wildman–Crippen MR) is 81.6 cm³/mol. The Balaban J connectivity index is 1.85. The molecule has 0 radical (unpaired) electrons. The highest BCUT2D eigenvalue weighted by Gasteiger charge is 2.10. The van der Waals surface area contributed by atoms with Crippen molar-refractivity contribution in [3.63, 3.8) is 0 Å². The number of halogens is 2. The fourth-order valence-corrected chi connectivity index (χ4v) is 2.37. The van der Waals surface area contributed by atoms with Gasteiger partial charge in [-0.25, -0.2) is 4.39 Å². The van der Waals surface area contributed by atoms with E-state index < -0.39 is 5.82 Å². The van der Waals surface area contributed by atoms with Crippen molar-refractivity contribution in [1.82, 2.24) is 9.97 Å². The molecule has 1 atom stereocenters. The van der Waals surface area contributed by atoms with Gasteiger partial charge in [0.1, 0.15) is 5.82 Å². The summed E-state index contributed by atoms with van der Waals surface area (Å²) in [6, 6.07) is 10.2. The molecule has 5 heteroatoms. The van der Waals surface area contributed by atoms with E-state index in [0.717, 1.165) is 22.2 Å². The lowest BCUT2D eigenvalue weighted by molar-refractivity contribution is 0.622. The maximum absolute atomic E-state index is 13.4. The Bertz CT molecular complexity index is 791. The van der Waals surface area contributed by atoms with Crippen molar-refractivity contribution in [2.45, 2.75) is 12.5 Å². The third kappa shape index (κ3) is 3.01. The molecule has 0 aliphatic rings. The zero-order chi connectivity index (χ0) is 14.8. The first-order valence-electron chi connectivity index (χ1n) is 6.53. The summed E-state index contributed by atoms with van der Waals surface area (Å²) in [7, 11) is 0. The molecular formula is C16H13ClFN3. The molecule has 3 aromatic rings. The number of nitrogens with zero attached hydrogens (tertiary/aromatic N) is 2. The van der Waals surface area contributed by atoms with Crippen LogP contribution in [0.1, 0.15) is 17.2 Å². The second-order valence-electron chi connectivity index (χ2n) is 4.86. The van der Waals surface area contributed by atoms with Gasteiger partial charge in [0.2, 0.25) is 0 Å². The molecule has 3 nitrogen and oxygen atoms in total. The summed E-state index contributed by atoms with van der Waals surface area (Å²) in [5, 5.41) is 0.119. The van der Waals surface area contributed by atoms with Crippen molar-refractivity contribution in [3.8, 4) is 0 Å². The third-order valence-electron chi connectivity index (χ3n) is 3.36. The van der Waals surface area contributed by atoms with Crippen LogP contribution in [0.15, 0.2) is 48.8 Å². The molecule has 1 unspecified atom stereocenters. The van der Waals surface area contributed by atoms with Crippen molar-refractivity contribution in [2.24, 2.45) is 5.73 Å². The zero-order valence-corrected chi connectivity index (χ0v) is 11.9. The Morgan fingerprint density at radius 1 is 1.05 bits per heavy atom. The molecule has 21 heavy (non-hydrogen) atoms. The van der Waals surface area contributed by atoms with Crippen LogP contribution in [0.2, 0.25) is 5.02 Å². The van der Waals surface area contributed by atoms with E-state index in [-0.39, 0.29) is 11.1 Å². The van der Waals surface area contributed by atoms with Gasteiger partial charge in [0.25, 0.3) is 0 Å². The number of benzene rings is 2. The van der Waals surface area contributed by atoms with Gasteiger partial charge in [0.05, 0.1) is 16.1 Å². The largest absolute Gasteiger partial charge is 0.324 e. The molecule has 0 saturated heterocycles. The van der Waals surface area contributed by atoms with E-state index in [2.05, 4.69) is 9.97 Å². The first-order chi connectivity index (χ1) is 10.1. The quantitative estimate of drug-likeness (QED) is 0.803. The highest BCUT2D eigenvalue weighted by molar-refractivity contribution is 6.30. The fraction of sp³-hybridized carbons (Fsp3) is 0.125. The first-order valence-corrected chi connectivity index (χ1v) is 6.91. The Morgan fingerprint density at radius 3 is 2.57 bits per heavy atom. The number of nitrogens with two attached hydrogens (primary N) is 1. The maximum atomic E-state index is 13.4. The average molecular weight is 302 g/mol. The molecule has 1 aromatic heterocycles. The number of aromatic nitrogens is 2. The fourth-order valence-electron chi connectivity index (χ4n) is 2.25. The van der Waals surface area contributed by atoms with Crippen LogP contribution < -0.4 is 5.73 Å². The molecule has 106 valence electrons. The van der Waals surface area contributed by atoms with E-state index >= 15 is 0 Å². The van der Waals surface area contributed by atoms with Crippen molar-refractivity contribution in [3.05, 3.63) is 70.8 Å². The van der Waals surface area contributed by atoms with E-state index in [1.165, 1.54) is 6.07 Å². The van der Waals surface area contributed by atoms with Crippen molar-refractivity contribution < 1.29 is 4.39 Å². The van der Waals surface area contributed by atoms with Crippen LogP contribution >= 0.6 is 11.6 Å². The second kappa shape index (κ2) is 5.76. The number of hydrogen-bond acceptors (Lipinski definition) is 3. The Hall–Kier alpha value is -2.04. The lowest BCUT2D eigenvalue weighted by Crippen LogP contribution is -2.13. The zero-order valence-electron chi connectivity index (χ0n) is 11.1. The van der Waals surface area contributed by atoms with E-state index in [4.69, 9.17) is 17.3 Å². The molecule has 0 aliphatic carbocycles. The summed E-state index contributed by atoms with van der Waals surface area (Å²) >= 11 is 5.68. The van der Waals surface area contributed by atoms with Crippen LogP contribution in [0.25, 0.3) is 11.0 Å². The molecule has 0 saturated carbocycles. The number of rotatable bonds is 3. The van der Waals surface area contributed by atoms with E-state index in [0.29, 0.717) is 6.42 Å². The third-order valence-corrected chi connectivity index (χ3v) is 3.67. The minimum Gasteiger partial charge on any atom is -0.324 e. The second-order valence-corrected chi connectivity index (χ2v) is 5.27. The van der Waals surface area contributed by atoms with E-state index in [9.17, 15) is 4.39 Å². The summed E-state index contributed by atoms with van der Waals surface area (Å²) < 4.78 is 13.4. The Morgan fingerprint density at radius 2 is 1.81 bits per heavy atom. The average Bonchev–Trinajstić information content (AvgIpc) is 2.50. The summed E-state index contributed by atoms with van der Waals surface area (Å²) in [6.07, 6.45) is 3.82. The molecule has 0 bridgehead atoms. The van der Waals surface area contributed by atoms with Gasteiger partial charge in [-0.2, -0.15) is 0 Å². The van der Waals surface area contributed by atoms with E-state index in [1.54, 1.807) is 24.5 Å².